The molecular weight excluding hydrogens is 387 g/mol. The molecule has 1 fully saturated rings. The Kier molecular flexibility index (Phi) is 6.18. The molecule has 3 rings (SSSR count). The Bertz CT molecular complexity index is 595. The fourth-order valence-corrected chi connectivity index (χ4v) is 2.72. The van der Waals surface area contributed by atoms with Gasteiger partial charge < -0.3 is 11.1 Å². The van der Waals surface area contributed by atoms with Gasteiger partial charge in [-0.2, -0.15) is 0 Å². The molecular formula is C17H21IN4. The number of anilines is 1. The van der Waals surface area contributed by atoms with E-state index in [-0.39, 0.29) is 24.0 Å². The van der Waals surface area contributed by atoms with Crippen LogP contribution in [0.1, 0.15) is 24.3 Å². The van der Waals surface area contributed by atoms with Crippen molar-refractivity contribution in [2.75, 3.05) is 11.9 Å². The van der Waals surface area contributed by atoms with Crippen LogP contribution in [0.2, 0.25) is 0 Å². The molecule has 0 radical (unpaired) electrons. The van der Waals surface area contributed by atoms with Gasteiger partial charge >= 0.3 is 0 Å². The lowest BCUT2D eigenvalue weighted by Gasteiger charge is -2.34. The second-order valence-electron chi connectivity index (χ2n) is 5.51. The van der Waals surface area contributed by atoms with Gasteiger partial charge in [-0.15, -0.1) is 24.0 Å². The summed E-state index contributed by atoms with van der Waals surface area (Å²) in [5.74, 6) is 2.50. The number of hydrogen-bond acceptors (Lipinski definition) is 2. The lowest BCUT2D eigenvalue weighted by atomic mass is 9.71. The van der Waals surface area contributed by atoms with Gasteiger partial charge in [0.15, 0.2) is 5.96 Å². The molecule has 1 heterocycles. The Morgan fingerprint density at radius 2 is 1.86 bits per heavy atom. The summed E-state index contributed by atoms with van der Waals surface area (Å²) in [5, 5.41) is 3.00. The summed E-state index contributed by atoms with van der Waals surface area (Å²) < 4.78 is 0. The van der Waals surface area contributed by atoms with E-state index in [1.165, 1.54) is 18.4 Å². The van der Waals surface area contributed by atoms with E-state index in [1.54, 1.807) is 6.20 Å². The molecule has 1 aliphatic rings. The van der Waals surface area contributed by atoms with E-state index in [1.807, 2.05) is 18.2 Å². The zero-order valence-electron chi connectivity index (χ0n) is 12.4. The van der Waals surface area contributed by atoms with Crippen LogP contribution in [0.15, 0.2) is 59.7 Å². The van der Waals surface area contributed by atoms with Crippen LogP contribution in [0.25, 0.3) is 0 Å². The van der Waals surface area contributed by atoms with E-state index in [4.69, 9.17) is 5.73 Å². The first-order valence-electron chi connectivity index (χ1n) is 7.34. The molecule has 0 amide bonds. The summed E-state index contributed by atoms with van der Waals surface area (Å²) in [4.78, 5) is 8.57. The maximum absolute atomic E-state index is 5.88. The van der Waals surface area contributed by atoms with Crippen LogP contribution in [0.5, 0.6) is 0 Å². The SMILES string of the molecule is I.NC(=NCC1CC(c2ccccc2)C1)Nc1ccccn1. The van der Waals surface area contributed by atoms with Crippen molar-refractivity contribution in [1.29, 1.82) is 0 Å². The predicted octanol–water partition coefficient (Wildman–Crippen LogP) is 3.62. The average Bonchev–Trinajstić information content (AvgIpc) is 2.48. The number of benzene rings is 1. The zero-order chi connectivity index (χ0) is 14.5. The summed E-state index contributed by atoms with van der Waals surface area (Å²) in [5.41, 5.74) is 7.32. The lowest BCUT2D eigenvalue weighted by molar-refractivity contribution is 0.273. The summed E-state index contributed by atoms with van der Waals surface area (Å²) >= 11 is 0. The van der Waals surface area contributed by atoms with Gasteiger partial charge in [0.1, 0.15) is 5.82 Å². The predicted molar refractivity (Wildman–Crippen MR) is 102 cm³/mol. The van der Waals surface area contributed by atoms with Crippen molar-refractivity contribution in [2.24, 2.45) is 16.6 Å². The highest BCUT2D eigenvalue weighted by atomic mass is 127. The minimum atomic E-state index is 0. The standard InChI is InChI=1S/C17H20N4.HI/c18-17(21-16-8-4-5-9-19-16)20-12-13-10-15(11-13)14-6-2-1-3-7-14;/h1-9,13,15H,10-12H2,(H3,18,19,20,21);1H. The van der Waals surface area contributed by atoms with Crippen molar-refractivity contribution >= 4 is 35.8 Å². The molecule has 0 spiro atoms. The van der Waals surface area contributed by atoms with Gasteiger partial charge in [-0.3, -0.25) is 4.99 Å². The van der Waals surface area contributed by atoms with Crippen molar-refractivity contribution < 1.29 is 0 Å². The van der Waals surface area contributed by atoms with Crippen molar-refractivity contribution in [2.45, 2.75) is 18.8 Å². The van der Waals surface area contributed by atoms with Gasteiger partial charge in [-0.05, 0) is 42.4 Å². The fourth-order valence-electron chi connectivity index (χ4n) is 2.72. The number of aliphatic imine (C=N–C) groups is 1. The van der Waals surface area contributed by atoms with E-state index in [0.29, 0.717) is 17.8 Å². The minimum Gasteiger partial charge on any atom is -0.370 e. The van der Waals surface area contributed by atoms with Crippen molar-refractivity contribution in [3.8, 4) is 0 Å². The Morgan fingerprint density at radius 1 is 1.14 bits per heavy atom. The molecule has 22 heavy (non-hydrogen) atoms. The minimum absolute atomic E-state index is 0. The van der Waals surface area contributed by atoms with Gasteiger partial charge in [-0.1, -0.05) is 36.4 Å². The van der Waals surface area contributed by atoms with E-state index in [0.717, 1.165) is 12.4 Å². The van der Waals surface area contributed by atoms with Crippen molar-refractivity contribution in [3.63, 3.8) is 0 Å². The highest BCUT2D eigenvalue weighted by Crippen LogP contribution is 2.41. The maximum Gasteiger partial charge on any atom is 0.194 e. The molecule has 1 aliphatic carbocycles. The molecule has 0 saturated heterocycles. The Morgan fingerprint density at radius 3 is 2.55 bits per heavy atom. The summed E-state index contributed by atoms with van der Waals surface area (Å²) in [6.07, 6.45) is 4.13. The highest BCUT2D eigenvalue weighted by molar-refractivity contribution is 14.0. The topological polar surface area (TPSA) is 63.3 Å². The third-order valence-corrected chi connectivity index (χ3v) is 3.95. The van der Waals surface area contributed by atoms with Gasteiger partial charge in [0, 0.05) is 12.7 Å². The molecule has 0 unspecified atom stereocenters. The van der Waals surface area contributed by atoms with Crippen LogP contribution in [0.3, 0.4) is 0 Å². The molecule has 1 aromatic heterocycles. The summed E-state index contributed by atoms with van der Waals surface area (Å²) in [6.45, 7) is 0.787. The Hall–Kier alpha value is -1.63. The monoisotopic (exact) mass is 408 g/mol. The fraction of sp³-hybridized carbons (Fsp3) is 0.294. The molecule has 2 aromatic rings. The molecule has 1 saturated carbocycles. The average molecular weight is 408 g/mol. The van der Waals surface area contributed by atoms with Gasteiger partial charge in [0.05, 0.1) is 0 Å². The van der Waals surface area contributed by atoms with Crippen molar-refractivity contribution in [1.82, 2.24) is 4.98 Å². The summed E-state index contributed by atoms with van der Waals surface area (Å²) in [6, 6.07) is 16.4. The van der Waals surface area contributed by atoms with E-state index >= 15 is 0 Å². The number of pyridine rings is 1. The summed E-state index contributed by atoms with van der Waals surface area (Å²) in [7, 11) is 0. The van der Waals surface area contributed by atoms with Crippen molar-refractivity contribution in [3.05, 3.63) is 60.3 Å². The first-order chi connectivity index (χ1) is 10.3. The largest absolute Gasteiger partial charge is 0.370 e. The van der Waals surface area contributed by atoms with Gasteiger partial charge in [0.25, 0.3) is 0 Å². The molecule has 1 aromatic carbocycles. The van der Waals surface area contributed by atoms with Crippen LogP contribution in [0.4, 0.5) is 5.82 Å². The number of aromatic nitrogens is 1. The number of guanidine groups is 1. The lowest BCUT2D eigenvalue weighted by Crippen LogP contribution is -2.28. The maximum atomic E-state index is 5.88. The second-order valence-corrected chi connectivity index (χ2v) is 5.51. The van der Waals surface area contributed by atoms with E-state index in [2.05, 4.69) is 45.6 Å². The van der Waals surface area contributed by atoms with Crippen LogP contribution in [-0.4, -0.2) is 17.5 Å². The molecule has 4 nitrogen and oxygen atoms in total. The van der Waals surface area contributed by atoms with Crippen LogP contribution in [-0.2, 0) is 0 Å². The van der Waals surface area contributed by atoms with Crippen LogP contribution >= 0.6 is 24.0 Å². The molecule has 3 N–H and O–H groups in total. The van der Waals surface area contributed by atoms with Crippen LogP contribution < -0.4 is 11.1 Å². The number of nitrogens with zero attached hydrogens (tertiary/aromatic N) is 2. The number of halogens is 1. The third kappa shape index (κ3) is 4.43. The van der Waals surface area contributed by atoms with Gasteiger partial charge in [-0.25, -0.2) is 4.98 Å². The Balaban J connectivity index is 0.00000176. The normalized spacial score (nSPS) is 20.6. The Labute approximate surface area is 148 Å². The molecule has 0 aliphatic heterocycles. The van der Waals surface area contributed by atoms with E-state index < -0.39 is 0 Å². The zero-order valence-corrected chi connectivity index (χ0v) is 14.7. The molecule has 116 valence electrons. The smallest absolute Gasteiger partial charge is 0.194 e. The van der Waals surface area contributed by atoms with Crippen LogP contribution in [0, 0.1) is 5.92 Å². The first-order valence-corrected chi connectivity index (χ1v) is 7.34. The molecule has 5 heteroatoms. The number of rotatable bonds is 4. The highest BCUT2D eigenvalue weighted by Gasteiger charge is 2.29. The molecule has 0 bridgehead atoms. The quantitative estimate of drug-likeness (QED) is 0.462. The van der Waals surface area contributed by atoms with E-state index in [9.17, 15) is 0 Å². The molecule has 0 atom stereocenters. The number of hydrogen-bond donors (Lipinski definition) is 2. The number of nitrogens with one attached hydrogen (secondary N) is 1. The number of nitrogens with two attached hydrogens (primary N) is 1. The first kappa shape index (κ1) is 16.7. The third-order valence-electron chi connectivity index (χ3n) is 3.95. The second kappa shape index (κ2) is 8.12. The van der Waals surface area contributed by atoms with Gasteiger partial charge in [0.2, 0.25) is 0 Å².